The average molecular weight is 292 g/mol. The maximum atomic E-state index is 5.31. The number of nitrogens with one attached hydrogen (secondary N) is 1. The number of aromatic nitrogens is 1. The van der Waals surface area contributed by atoms with Crippen molar-refractivity contribution in [1.29, 1.82) is 0 Å². The summed E-state index contributed by atoms with van der Waals surface area (Å²) in [5.41, 5.74) is 1.22. The van der Waals surface area contributed by atoms with E-state index in [1.807, 2.05) is 23.7 Å². The number of benzene rings is 1. The highest BCUT2D eigenvalue weighted by Crippen LogP contribution is 2.27. The van der Waals surface area contributed by atoms with Crippen LogP contribution in [0.4, 0.5) is 0 Å². The Morgan fingerprint density at radius 1 is 1.25 bits per heavy atom. The molecule has 108 valence electrons. The van der Waals surface area contributed by atoms with Crippen molar-refractivity contribution in [2.45, 2.75) is 19.4 Å². The molecular formula is C15H20N2O2S. The molecule has 20 heavy (non-hydrogen) atoms. The van der Waals surface area contributed by atoms with Crippen molar-refractivity contribution in [3.63, 3.8) is 0 Å². The second kappa shape index (κ2) is 7.26. The predicted octanol–water partition coefficient (Wildman–Crippen LogP) is 3.05. The highest BCUT2D eigenvalue weighted by atomic mass is 32.1. The van der Waals surface area contributed by atoms with Crippen LogP contribution >= 0.6 is 11.3 Å². The van der Waals surface area contributed by atoms with Gasteiger partial charge in [0.05, 0.1) is 20.3 Å². The Hall–Kier alpha value is -1.59. The summed E-state index contributed by atoms with van der Waals surface area (Å²) in [4.78, 5) is 4.31. The zero-order valence-corrected chi connectivity index (χ0v) is 12.9. The Morgan fingerprint density at radius 3 is 2.70 bits per heavy atom. The quantitative estimate of drug-likeness (QED) is 0.852. The molecule has 1 aromatic heterocycles. The third-order valence-electron chi connectivity index (χ3n) is 3.13. The van der Waals surface area contributed by atoms with Crippen LogP contribution in [-0.2, 0) is 6.42 Å². The Kier molecular flexibility index (Phi) is 5.38. The van der Waals surface area contributed by atoms with Gasteiger partial charge >= 0.3 is 0 Å². The summed E-state index contributed by atoms with van der Waals surface area (Å²) in [6.07, 6.45) is 2.78. The van der Waals surface area contributed by atoms with Gasteiger partial charge in [-0.15, -0.1) is 11.3 Å². The molecule has 0 aliphatic carbocycles. The van der Waals surface area contributed by atoms with Crippen molar-refractivity contribution in [1.82, 2.24) is 10.3 Å². The zero-order chi connectivity index (χ0) is 14.4. The molecule has 2 rings (SSSR count). The molecule has 1 unspecified atom stereocenters. The molecule has 0 fully saturated rings. The van der Waals surface area contributed by atoms with Gasteiger partial charge in [0.25, 0.3) is 0 Å². The molecule has 4 nitrogen and oxygen atoms in total. The van der Waals surface area contributed by atoms with Gasteiger partial charge in [0.1, 0.15) is 5.01 Å². The lowest BCUT2D eigenvalue weighted by Gasteiger charge is -2.12. The maximum absolute atomic E-state index is 5.31. The van der Waals surface area contributed by atoms with E-state index >= 15 is 0 Å². The summed E-state index contributed by atoms with van der Waals surface area (Å²) in [5, 5.41) is 6.60. The van der Waals surface area contributed by atoms with Gasteiger partial charge in [-0.25, -0.2) is 4.98 Å². The summed E-state index contributed by atoms with van der Waals surface area (Å²) >= 11 is 1.68. The lowest BCUT2D eigenvalue weighted by molar-refractivity contribution is 0.354. The van der Waals surface area contributed by atoms with Gasteiger partial charge in [0.15, 0.2) is 11.5 Å². The van der Waals surface area contributed by atoms with E-state index in [9.17, 15) is 0 Å². The lowest BCUT2D eigenvalue weighted by atomic mass is 10.1. The van der Waals surface area contributed by atoms with Gasteiger partial charge in [0, 0.05) is 11.6 Å². The molecule has 0 aliphatic heterocycles. The molecule has 0 saturated heterocycles. The first kappa shape index (κ1) is 14.8. The smallest absolute Gasteiger partial charge is 0.160 e. The summed E-state index contributed by atoms with van der Waals surface area (Å²) in [6.45, 7) is 3.03. The molecule has 0 radical (unpaired) electrons. The van der Waals surface area contributed by atoms with Crippen molar-refractivity contribution in [3.8, 4) is 11.5 Å². The van der Waals surface area contributed by atoms with Gasteiger partial charge in [-0.1, -0.05) is 6.07 Å². The fourth-order valence-electron chi connectivity index (χ4n) is 2.00. The predicted molar refractivity (Wildman–Crippen MR) is 81.8 cm³/mol. The molecule has 1 N–H and O–H groups in total. The molecule has 0 spiro atoms. The molecule has 0 saturated carbocycles. The highest BCUT2D eigenvalue weighted by Gasteiger charge is 2.08. The second-order valence-electron chi connectivity index (χ2n) is 4.49. The van der Waals surface area contributed by atoms with Gasteiger partial charge in [0.2, 0.25) is 0 Å². The van der Waals surface area contributed by atoms with E-state index in [1.165, 1.54) is 5.56 Å². The number of nitrogens with zero attached hydrogens (tertiary/aromatic N) is 1. The van der Waals surface area contributed by atoms with E-state index in [0.29, 0.717) is 0 Å². The molecule has 0 bridgehead atoms. The molecule has 5 heteroatoms. The largest absolute Gasteiger partial charge is 0.493 e. The molecule has 0 amide bonds. The van der Waals surface area contributed by atoms with Gasteiger partial charge in [-0.2, -0.15) is 0 Å². The van der Waals surface area contributed by atoms with E-state index in [0.717, 1.165) is 29.5 Å². The van der Waals surface area contributed by atoms with Crippen LogP contribution < -0.4 is 14.8 Å². The van der Waals surface area contributed by atoms with Crippen molar-refractivity contribution >= 4 is 11.3 Å². The zero-order valence-electron chi connectivity index (χ0n) is 12.1. The Labute approximate surface area is 123 Å². The normalized spacial score (nSPS) is 12.2. The van der Waals surface area contributed by atoms with E-state index in [-0.39, 0.29) is 6.04 Å². The van der Waals surface area contributed by atoms with E-state index in [4.69, 9.17) is 9.47 Å². The standard InChI is InChI=1S/C15H20N2O2S/c1-11(15-17-8-9-20-15)16-7-6-12-4-5-13(18-2)14(10-12)19-3/h4-5,8-11,16H,6-7H2,1-3H3. The Morgan fingerprint density at radius 2 is 2.05 bits per heavy atom. The molecule has 0 aliphatic rings. The number of hydrogen-bond acceptors (Lipinski definition) is 5. The van der Waals surface area contributed by atoms with E-state index in [1.54, 1.807) is 25.6 Å². The molecule has 1 atom stereocenters. The number of rotatable bonds is 7. The summed E-state index contributed by atoms with van der Waals surface area (Å²) in [7, 11) is 3.30. The minimum Gasteiger partial charge on any atom is -0.493 e. The maximum Gasteiger partial charge on any atom is 0.160 e. The molecule has 1 heterocycles. The van der Waals surface area contributed by atoms with Crippen LogP contribution in [0.15, 0.2) is 29.8 Å². The molecule has 2 aromatic rings. The van der Waals surface area contributed by atoms with Crippen LogP contribution in [0, 0.1) is 0 Å². The van der Waals surface area contributed by atoms with Crippen molar-refractivity contribution in [3.05, 3.63) is 40.3 Å². The van der Waals surface area contributed by atoms with E-state index < -0.39 is 0 Å². The first-order valence-corrected chi connectivity index (χ1v) is 7.46. The average Bonchev–Trinajstić information content (AvgIpc) is 3.01. The number of hydrogen-bond donors (Lipinski definition) is 1. The fourth-order valence-corrected chi connectivity index (χ4v) is 2.68. The first-order valence-electron chi connectivity index (χ1n) is 6.58. The third kappa shape index (κ3) is 3.71. The summed E-state index contributed by atoms with van der Waals surface area (Å²) < 4.78 is 10.5. The topological polar surface area (TPSA) is 43.4 Å². The SMILES string of the molecule is COc1ccc(CCNC(C)c2nccs2)cc1OC. The minimum absolute atomic E-state index is 0.287. The summed E-state index contributed by atoms with van der Waals surface area (Å²) in [5.74, 6) is 1.54. The first-order chi connectivity index (χ1) is 9.74. The number of methoxy groups -OCH3 is 2. The number of ether oxygens (including phenoxy) is 2. The number of thiazole rings is 1. The van der Waals surface area contributed by atoms with Gasteiger partial charge in [-0.05, 0) is 37.6 Å². The van der Waals surface area contributed by atoms with Gasteiger partial charge < -0.3 is 14.8 Å². The fraction of sp³-hybridized carbons (Fsp3) is 0.400. The van der Waals surface area contributed by atoms with Crippen LogP contribution in [0.1, 0.15) is 23.5 Å². The highest BCUT2D eigenvalue weighted by molar-refractivity contribution is 7.09. The third-order valence-corrected chi connectivity index (χ3v) is 4.09. The Balaban J connectivity index is 1.88. The second-order valence-corrected chi connectivity index (χ2v) is 5.41. The monoisotopic (exact) mass is 292 g/mol. The van der Waals surface area contributed by atoms with Crippen LogP contribution in [0.25, 0.3) is 0 Å². The molecular weight excluding hydrogens is 272 g/mol. The lowest BCUT2D eigenvalue weighted by Crippen LogP contribution is -2.21. The van der Waals surface area contributed by atoms with Crippen LogP contribution in [0.5, 0.6) is 11.5 Å². The van der Waals surface area contributed by atoms with Crippen LogP contribution in [0.3, 0.4) is 0 Å². The van der Waals surface area contributed by atoms with Crippen LogP contribution in [-0.4, -0.2) is 25.7 Å². The van der Waals surface area contributed by atoms with E-state index in [2.05, 4.69) is 23.3 Å². The van der Waals surface area contributed by atoms with Crippen molar-refractivity contribution < 1.29 is 9.47 Å². The van der Waals surface area contributed by atoms with Crippen molar-refractivity contribution in [2.24, 2.45) is 0 Å². The van der Waals surface area contributed by atoms with Crippen LogP contribution in [0.2, 0.25) is 0 Å². The summed E-state index contributed by atoms with van der Waals surface area (Å²) in [6, 6.07) is 6.32. The Bertz CT molecular complexity index is 529. The van der Waals surface area contributed by atoms with Gasteiger partial charge in [-0.3, -0.25) is 0 Å². The molecule has 1 aromatic carbocycles. The minimum atomic E-state index is 0.287. The van der Waals surface area contributed by atoms with Crippen molar-refractivity contribution in [2.75, 3.05) is 20.8 Å².